The van der Waals surface area contributed by atoms with Gasteiger partial charge in [-0.1, -0.05) is 49.6 Å². The number of benzene rings is 1. The number of nitrogens with zero attached hydrogens (tertiary/aromatic N) is 2. The summed E-state index contributed by atoms with van der Waals surface area (Å²) < 4.78 is 8.20. The summed E-state index contributed by atoms with van der Waals surface area (Å²) in [7, 11) is 1.95. The molecule has 1 aromatic carbocycles. The lowest BCUT2D eigenvalue weighted by atomic mass is 9.96. The van der Waals surface area contributed by atoms with Crippen molar-refractivity contribution in [2.24, 2.45) is 0 Å². The van der Waals surface area contributed by atoms with E-state index in [2.05, 4.69) is 28.2 Å². The van der Waals surface area contributed by atoms with Crippen LogP contribution in [0.1, 0.15) is 49.4 Å². The second kappa shape index (κ2) is 7.45. The fourth-order valence-corrected chi connectivity index (χ4v) is 3.12. The second-order valence-corrected chi connectivity index (χ2v) is 6.01. The predicted molar refractivity (Wildman–Crippen MR) is 87.9 cm³/mol. The van der Waals surface area contributed by atoms with Crippen LogP contribution in [0, 0.1) is 0 Å². The molecule has 0 aliphatic heterocycles. The van der Waals surface area contributed by atoms with Crippen LogP contribution in [-0.2, 0) is 13.2 Å². The molecule has 1 fully saturated rings. The summed E-state index contributed by atoms with van der Waals surface area (Å²) in [5, 5.41) is 7.93. The van der Waals surface area contributed by atoms with Crippen molar-refractivity contribution < 1.29 is 4.74 Å². The zero-order valence-electron chi connectivity index (χ0n) is 13.3. The number of aromatic nitrogens is 2. The van der Waals surface area contributed by atoms with E-state index in [9.17, 15) is 0 Å². The van der Waals surface area contributed by atoms with E-state index in [0.717, 1.165) is 18.1 Å². The first-order valence-corrected chi connectivity index (χ1v) is 8.26. The fraction of sp³-hybridized carbons (Fsp3) is 0.500. The maximum absolute atomic E-state index is 6.08. The van der Waals surface area contributed by atoms with Crippen LogP contribution in [0.5, 0.6) is 5.88 Å². The zero-order chi connectivity index (χ0) is 15.2. The Bertz CT molecular complexity index is 573. The lowest BCUT2D eigenvalue weighted by molar-refractivity contribution is 0.237. The number of hydrogen-bond donors (Lipinski definition) is 1. The molecule has 2 aromatic rings. The molecule has 3 rings (SSSR count). The van der Waals surface area contributed by atoms with Gasteiger partial charge in [0.15, 0.2) is 0 Å². The van der Waals surface area contributed by atoms with Gasteiger partial charge in [0.1, 0.15) is 6.61 Å². The number of rotatable bonds is 6. The van der Waals surface area contributed by atoms with Crippen molar-refractivity contribution in [3.63, 3.8) is 0 Å². The van der Waals surface area contributed by atoms with E-state index in [-0.39, 0.29) is 0 Å². The summed E-state index contributed by atoms with van der Waals surface area (Å²) >= 11 is 0. The van der Waals surface area contributed by atoms with E-state index in [1.807, 2.05) is 25.2 Å². The molecule has 1 N–H and O–H groups in total. The summed E-state index contributed by atoms with van der Waals surface area (Å²) in [5.41, 5.74) is 2.24. The van der Waals surface area contributed by atoms with Crippen LogP contribution in [0.2, 0.25) is 0 Å². The molecular formula is C18H25N3O. The fourth-order valence-electron chi connectivity index (χ4n) is 3.12. The first kappa shape index (κ1) is 15.1. The van der Waals surface area contributed by atoms with Crippen LogP contribution in [0.25, 0.3) is 0 Å². The van der Waals surface area contributed by atoms with E-state index < -0.39 is 0 Å². The van der Waals surface area contributed by atoms with Crippen molar-refractivity contribution in [1.82, 2.24) is 15.1 Å². The molecule has 0 unspecified atom stereocenters. The number of hydrogen-bond acceptors (Lipinski definition) is 3. The molecule has 0 radical (unpaired) electrons. The lowest BCUT2D eigenvalue weighted by Crippen LogP contribution is -2.16. The third-order valence-corrected chi connectivity index (χ3v) is 4.26. The smallest absolute Gasteiger partial charge is 0.212 e. The quantitative estimate of drug-likeness (QED) is 0.884. The predicted octanol–water partition coefficient (Wildman–Crippen LogP) is 3.69. The van der Waals surface area contributed by atoms with E-state index >= 15 is 0 Å². The molecule has 0 saturated heterocycles. The van der Waals surface area contributed by atoms with Crippen molar-refractivity contribution in [3.8, 4) is 5.88 Å². The molecule has 4 nitrogen and oxygen atoms in total. The molecule has 0 amide bonds. The topological polar surface area (TPSA) is 39.1 Å². The monoisotopic (exact) mass is 299 g/mol. The van der Waals surface area contributed by atoms with E-state index in [0.29, 0.717) is 12.6 Å². The Morgan fingerprint density at radius 3 is 2.68 bits per heavy atom. The first-order valence-electron chi connectivity index (χ1n) is 8.26. The van der Waals surface area contributed by atoms with Crippen molar-refractivity contribution in [3.05, 3.63) is 47.7 Å². The zero-order valence-corrected chi connectivity index (χ0v) is 13.3. The maximum Gasteiger partial charge on any atom is 0.212 e. The highest BCUT2D eigenvalue weighted by Crippen LogP contribution is 2.31. The average molecular weight is 299 g/mol. The lowest BCUT2D eigenvalue weighted by Gasteiger charge is -2.23. The van der Waals surface area contributed by atoms with Gasteiger partial charge in [0, 0.05) is 12.6 Å². The summed E-state index contributed by atoms with van der Waals surface area (Å²) in [6.45, 7) is 1.37. The molecule has 118 valence electrons. The Kier molecular flexibility index (Phi) is 5.11. The standard InChI is InChI=1S/C18H25N3O/c1-19-13-16-12-18(22-14-15-8-4-2-5-9-15)21(20-16)17-10-6-3-7-11-17/h2,4-5,8-9,12,17,19H,3,6-7,10-11,13-14H2,1H3. The molecule has 1 aliphatic rings. The Labute approximate surface area is 132 Å². The Morgan fingerprint density at radius 2 is 1.95 bits per heavy atom. The Morgan fingerprint density at radius 1 is 1.18 bits per heavy atom. The molecule has 0 spiro atoms. The van der Waals surface area contributed by atoms with E-state index in [1.165, 1.54) is 37.7 Å². The van der Waals surface area contributed by atoms with Gasteiger partial charge in [-0.15, -0.1) is 0 Å². The minimum Gasteiger partial charge on any atom is -0.473 e. The molecule has 1 aromatic heterocycles. The van der Waals surface area contributed by atoms with Crippen molar-refractivity contribution in [1.29, 1.82) is 0 Å². The SMILES string of the molecule is CNCc1cc(OCc2ccccc2)n(C2CCCCC2)n1. The van der Waals surface area contributed by atoms with Gasteiger partial charge in [-0.3, -0.25) is 0 Å². The van der Waals surface area contributed by atoms with Gasteiger partial charge >= 0.3 is 0 Å². The second-order valence-electron chi connectivity index (χ2n) is 6.01. The third-order valence-electron chi connectivity index (χ3n) is 4.26. The molecule has 1 heterocycles. The maximum atomic E-state index is 6.08. The van der Waals surface area contributed by atoms with Crippen molar-refractivity contribution in [2.45, 2.75) is 51.3 Å². The normalized spacial score (nSPS) is 15.9. The van der Waals surface area contributed by atoms with E-state index in [1.54, 1.807) is 0 Å². The van der Waals surface area contributed by atoms with E-state index in [4.69, 9.17) is 9.84 Å². The average Bonchev–Trinajstić information content (AvgIpc) is 2.98. The summed E-state index contributed by atoms with van der Waals surface area (Å²) in [5.74, 6) is 0.904. The van der Waals surface area contributed by atoms with Crippen molar-refractivity contribution >= 4 is 0 Å². The van der Waals surface area contributed by atoms with Crippen LogP contribution in [0.15, 0.2) is 36.4 Å². The summed E-state index contributed by atoms with van der Waals surface area (Å²) in [4.78, 5) is 0. The molecular weight excluding hydrogens is 274 g/mol. The largest absolute Gasteiger partial charge is 0.473 e. The highest BCUT2D eigenvalue weighted by Gasteiger charge is 2.20. The Balaban J connectivity index is 1.75. The van der Waals surface area contributed by atoms with Crippen LogP contribution in [0.4, 0.5) is 0 Å². The first-order chi connectivity index (χ1) is 10.9. The molecule has 1 saturated carbocycles. The van der Waals surface area contributed by atoms with Gasteiger partial charge in [0.25, 0.3) is 0 Å². The molecule has 0 atom stereocenters. The van der Waals surface area contributed by atoms with Gasteiger partial charge in [0.2, 0.25) is 5.88 Å². The van der Waals surface area contributed by atoms with Crippen LogP contribution in [-0.4, -0.2) is 16.8 Å². The summed E-state index contributed by atoms with van der Waals surface area (Å²) in [6.07, 6.45) is 6.36. The van der Waals surface area contributed by atoms with Crippen LogP contribution in [0.3, 0.4) is 0 Å². The molecule has 0 bridgehead atoms. The van der Waals surface area contributed by atoms with Gasteiger partial charge in [0.05, 0.1) is 11.7 Å². The molecule has 22 heavy (non-hydrogen) atoms. The number of ether oxygens (including phenoxy) is 1. The van der Waals surface area contributed by atoms with Gasteiger partial charge in [-0.25, -0.2) is 4.68 Å². The highest BCUT2D eigenvalue weighted by molar-refractivity contribution is 5.19. The summed E-state index contributed by atoms with van der Waals surface area (Å²) in [6, 6.07) is 12.9. The van der Waals surface area contributed by atoms with Gasteiger partial charge < -0.3 is 10.1 Å². The van der Waals surface area contributed by atoms with Crippen LogP contribution < -0.4 is 10.1 Å². The minimum absolute atomic E-state index is 0.491. The number of nitrogens with one attached hydrogen (secondary N) is 1. The van der Waals surface area contributed by atoms with Gasteiger partial charge in [-0.05, 0) is 25.5 Å². The van der Waals surface area contributed by atoms with Crippen molar-refractivity contribution in [2.75, 3.05) is 7.05 Å². The van der Waals surface area contributed by atoms with Gasteiger partial charge in [-0.2, -0.15) is 5.10 Å². The highest BCUT2D eigenvalue weighted by atomic mass is 16.5. The minimum atomic E-state index is 0.491. The molecule has 1 aliphatic carbocycles. The Hall–Kier alpha value is -1.81. The molecule has 4 heteroatoms. The van der Waals surface area contributed by atoms with Crippen LogP contribution >= 0.6 is 0 Å². The third kappa shape index (κ3) is 3.69.